The van der Waals surface area contributed by atoms with Gasteiger partial charge in [0.05, 0.1) is 7.11 Å². The maximum atomic E-state index is 9.75. The van der Waals surface area contributed by atoms with Crippen LogP contribution in [0.25, 0.3) is 0 Å². The number of likely N-dealkylation sites (tertiary alicyclic amines) is 1. The highest BCUT2D eigenvalue weighted by atomic mass is 35.5. The number of nitrogens with zero attached hydrogens (tertiary/aromatic N) is 1. The number of hydrogen-bond acceptors (Lipinski definition) is 4. The molecule has 1 heterocycles. The van der Waals surface area contributed by atoms with Crippen LogP contribution < -0.4 is 10.5 Å². The molecule has 0 aromatic heterocycles. The number of rotatable bonds is 3. The van der Waals surface area contributed by atoms with Crippen molar-refractivity contribution >= 4 is 12.4 Å². The van der Waals surface area contributed by atoms with Crippen molar-refractivity contribution in [3.8, 4) is 11.5 Å². The number of piperidine rings is 1. The third kappa shape index (κ3) is 4.00. The van der Waals surface area contributed by atoms with Crippen LogP contribution in [-0.4, -0.2) is 36.2 Å². The van der Waals surface area contributed by atoms with E-state index in [2.05, 4.69) is 11.8 Å². The van der Waals surface area contributed by atoms with Crippen molar-refractivity contribution in [3.05, 3.63) is 23.8 Å². The molecule has 1 aliphatic rings. The molecule has 1 aliphatic heterocycles. The fourth-order valence-electron chi connectivity index (χ4n) is 2.49. The molecule has 1 fully saturated rings. The van der Waals surface area contributed by atoms with Crippen molar-refractivity contribution in [1.29, 1.82) is 0 Å². The standard InChI is InChI=1S/C14H22N2O2.ClH/c1-10-8-16(6-5-12(10)15)9-11-3-4-14(18-2)13(17)7-11;/h3-4,7,10,12,17H,5-6,8-9,15H2,1-2H3;1H. The van der Waals surface area contributed by atoms with E-state index in [1.165, 1.54) is 0 Å². The van der Waals surface area contributed by atoms with Gasteiger partial charge in [0.1, 0.15) is 0 Å². The third-order valence-corrected chi connectivity index (χ3v) is 3.71. The average molecular weight is 287 g/mol. The largest absolute Gasteiger partial charge is 0.504 e. The molecule has 2 atom stereocenters. The number of phenols is 1. The van der Waals surface area contributed by atoms with Crippen LogP contribution in [0.5, 0.6) is 11.5 Å². The summed E-state index contributed by atoms with van der Waals surface area (Å²) in [7, 11) is 1.56. The first-order valence-corrected chi connectivity index (χ1v) is 6.44. The lowest BCUT2D eigenvalue weighted by molar-refractivity contribution is 0.157. The molecule has 3 N–H and O–H groups in total. The second kappa shape index (κ2) is 6.98. The SMILES string of the molecule is COc1ccc(CN2CCC(N)C(C)C2)cc1O.Cl. The van der Waals surface area contributed by atoms with E-state index in [9.17, 15) is 5.11 Å². The van der Waals surface area contributed by atoms with Gasteiger partial charge in [0, 0.05) is 19.1 Å². The summed E-state index contributed by atoms with van der Waals surface area (Å²) in [5.41, 5.74) is 7.12. The highest BCUT2D eigenvalue weighted by molar-refractivity contribution is 5.85. The summed E-state index contributed by atoms with van der Waals surface area (Å²) in [5.74, 6) is 1.26. The first-order valence-electron chi connectivity index (χ1n) is 6.44. The van der Waals surface area contributed by atoms with Crippen molar-refractivity contribution in [2.24, 2.45) is 11.7 Å². The first-order chi connectivity index (χ1) is 8.60. The molecule has 0 saturated carbocycles. The van der Waals surface area contributed by atoms with Crippen molar-refractivity contribution in [1.82, 2.24) is 4.90 Å². The second-order valence-corrected chi connectivity index (χ2v) is 5.17. The molecule has 1 aromatic rings. The van der Waals surface area contributed by atoms with Gasteiger partial charge in [-0.1, -0.05) is 13.0 Å². The Balaban J connectivity index is 0.00000180. The van der Waals surface area contributed by atoms with Crippen LogP contribution >= 0.6 is 12.4 Å². The van der Waals surface area contributed by atoms with Gasteiger partial charge in [-0.2, -0.15) is 0 Å². The highest BCUT2D eigenvalue weighted by Gasteiger charge is 2.23. The minimum absolute atomic E-state index is 0. The maximum Gasteiger partial charge on any atom is 0.160 e. The quantitative estimate of drug-likeness (QED) is 0.892. The van der Waals surface area contributed by atoms with Crippen molar-refractivity contribution in [2.45, 2.75) is 25.9 Å². The number of nitrogens with two attached hydrogens (primary N) is 1. The summed E-state index contributed by atoms with van der Waals surface area (Å²) < 4.78 is 5.04. The van der Waals surface area contributed by atoms with Crippen LogP contribution in [0.3, 0.4) is 0 Å². The molecule has 0 radical (unpaired) electrons. The zero-order chi connectivity index (χ0) is 13.1. The van der Waals surface area contributed by atoms with Gasteiger partial charge in [-0.25, -0.2) is 0 Å². The van der Waals surface area contributed by atoms with Gasteiger partial charge in [-0.15, -0.1) is 12.4 Å². The first kappa shape index (κ1) is 16.1. The predicted octanol–water partition coefficient (Wildman–Crippen LogP) is 1.99. The monoisotopic (exact) mass is 286 g/mol. The van der Waals surface area contributed by atoms with E-state index in [-0.39, 0.29) is 18.2 Å². The molecule has 0 bridgehead atoms. The molecule has 0 amide bonds. The summed E-state index contributed by atoms with van der Waals surface area (Å²) >= 11 is 0. The van der Waals surface area contributed by atoms with E-state index in [1.54, 1.807) is 13.2 Å². The molecule has 2 unspecified atom stereocenters. The fraction of sp³-hybridized carbons (Fsp3) is 0.571. The van der Waals surface area contributed by atoms with Gasteiger partial charge in [0.15, 0.2) is 11.5 Å². The Morgan fingerprint density at radius 3 is 2.79 bits per heavy atom. The Labute approximate surface area is 121 Å². The van der Waals surface area contributed by atoms with E-state index in [0.29, 0.717) is 17.7 Å². The number of ether oxygens (including phenoxy) is 1. The predicted molar refractivity (Wildman–Crippen MR) is 78.9 cm³/mol. The zero-order valence-corrected chi connectivity index (χ0v) is 12.3. The van der Waals surface area contributed by atoms with Crippen molar-refractivity contribution in [2.75, 3.05) is 20.2 Å². The summed E-state index contributed by atoms with van der Waals surface area (Å²) in [6, 6.07) is 5.91. The smallest absolute Gasteiger partial charge is 0.160 e. The number of methoxy groups -OCH3 is 1. The molecule has 1 saturated heterocycles. The minimum atomic E-state index is 0. The number of phenolic OH excluding ortho intramolecular Hbond substituents is 1. The average Bonchev–Trinajstić information content (AvgIpc) is 2.34. The molecule has 1 aromatic carbocycles. The Morgan fingerprint density at radius 1 is 1.47 bits per heavy atom. The van der Waals surface area contributed by atoms with Gasteiger partial charge >= 0.3 is 0 Å². The van der Waals surface area contributed by atoms with Gasteiger partial charge in [-0.05, 0) is 36.6 Å². The summed E-state index contributed by atoms with van der Waals surface area (Å²) in [5, 5.41) is 9.75. The Morgan fingerprint density at radius 2 is 2.21 bits per heavy atom. The topological polar surface area (TPSA) is 58.7 Å². The zero-order valence-electron chi connectivity index (χ0n) is 11.5. The third-order valence-electron chi connectivity index (χ3n) is 3.71. The van der Waals surface area contributed by atoms with Gasteiger partial charge in [0.25, 0.3) is 0 Å². The lowest BCUT2D eigenvalue weighted by atomic mass is 9.94. The molecular formula is C14H23ClN2O2. The summed E-state index contributed by atoms with van der Waals surface area (Å²) in [4.78, 5) is 2.38. The van der Waals surface area contributed by atoms with Crippen LogP contribution in [0.15, 0.2) is 18.2 Å². The Kier molecular flexibility index (Phi) is 5.91. The highest BCUT2D eigenvalue weighted by Crippen LogP contribution is 2.27. The van der Waals surface area contributed by atoms with Crippen molar-refractivity contribution < 1.29 is 9.84 Å². The Hall–Kier alpha value is -0.970. The van der Waals surface area contributed by atoms with Crippen LogP contribution in [0.1, 0.15) is 18.9 Å². The van der Waals surface area contributed by atoms with E-state index < -0.39 is 0 Å². The summed E-state index contributed by atoms with van der Waals surface area (Å²) in [6.07, 6.45) is 1.04. The molecule has 108 valence electrons. The maximum absolute atomic E-state index is 9.75. The second-order valence-electron chi connectivity index (χ2n) is 5.17. The van der Waals surface area contributed by atoms with Crippen LogP contribution in [-0.2, 0) is 6.54 Å². The van der Waals surface area contributed by atoms with Crippen LogP contribution in [0.2, 0.25) is 0 Å². The van der Waals surface area contributed by atoms with Gasteiger partial charge < -0.3 is 15.6 Å². The number of halogens is 1. The number of hydrogen-bond donors (Lipinski definition) is 2. The normalized spacial score (nSPS) is 23.7. The molecule has 19 heavy (non-hydrogen) atoms. The molecule has 0 spiro atoms. The van der Waals surface area contributed by atoms with E-state index in [4.69, 9.17) is 10.5 Å². The van der Waals surface area contributed by atoms with Gasteiger partial charge in [0.2, 0.25) is 0 Å². The lowest BCUT2D eigenvalue weighted by Gasteiger charge is -2.35. The van der Waals surface area contributed by atoms with Crippen molar-refractivity contribution in [3.63, 3.8) is 0 Å². The van der Waals surface area contributed by atoms with Crippen LogP contribution in [0, 0.1) is 5.92 Å². The van der Waals surface area contributed by atoms with Crippen LogP contribution in [0.4, 0.5) is 0 Å². The summed E-state index contributed by atoms with van der Waals surface area (Å²) in [6.45, 7) is 5.10. The number of aromatic hydroxyl groups is 1. The molecule has 0 aliphatic carbocycles. The number of benzene rings is 1. The van der Waals surface area contributed by atoms with Gasteiger partial charge in [-0.3, -0.25) is 4.90 Å². The van der Waals surface area contributed by atoms with E-state index in [1.807, 2.05) is 12.1 Å². The Bertz CT molecular complexity index is 414. The minimum Gasteiger partial charge on any atom is -0.504 e. The molecule has 4 nitrogen and oxygen atoms in total. The fourth-order valence-corrected chi connectivity index (χ4v) is 2.49. The molecule has 5 heteroatoms. The molecule has 2 rings (SSSR count). The van der Waals surface area contributed by atoms with E-state index in [0.717, 1.165) is 31.6 Å². The lowest BCUT2D eigenvalue weighted by Crippen LogP contribution is -2.45. The van der Waals surface area contributed by atoms with E-state index >= 15 is 0 Å². The molecular weight excluding hydrogens is 264 g/mol.